The number of carbonyl (C=O) groups excluding carboxylic acids is 3. The second-order valence-corrected chi connectivity index (χ2v) is 9.33. The highest BCUT2D eigenvalue weighted by Crippen LogP contribution is 2.31. The average Bonchev–Trinajstić information content (AvgIpc) is 3.39. The predicted octanol–water partition coefficient (Wildman–Crippen LogP) is 4.62. The number of carbonyl (C=O) groups is 3. The molecule has 0 saturated carbocycles. The van der Waals surface area contributed by atoms with Crippen molar-refractivity contribution in [3.05, 3.63) is 76.3 Å². The molecule has 3 aromatic rings. The zero-order valence-corrected chi connectivity index (χ0v) is 19.2. The van der Waals surface area contributed by atoms with E-state index in [-0.39, 0.29) is 29.6 Å². The lowest BCUT2D eigenvalue weighted by Crippen LogP contribution is -2.30. The molecule has 2 heterocycles. The number of aliphatic imine (C=N–C) groups is 1. The van der Waals surface area contributed by atoms with E-state index in [1.165, 1.54) is 34.1 Å². The summed E-state index contributed by atoms with van der Waals surface area (Å²) < 4.78 is 0. The summed E-state index contributed by atoms with van der Waals surface area (Å²) in [4.78, 5) is 48.2. The highest BCUT2D eigenvalue weighted by molar-refractivity contribution is 8.15. The highest BCUT2D eigenvalue weighted by Gasteiger charge is 2.37. The molecule has 0 radical (unpaired) electrons. The summed E-state index contributed by atoms with van der Waals surface area (Å²) in [5.41, 5.74) is 1.11. The molecular weight excluding hydrogens is 468 g/mol. The number of hydrogen-bond donors (Lipinski definition) is 1. The Bertz CT molecular complexity index is 1200. The third-order valence-corrected chi connectivity index (χ3v) is 6.79. The lowest BCUT2D eigenvalue weighted by molar-refractivity contribution is -0.127. The Morgan fingerprint density at radius 2 is 2.00 bits per heavy atom. The summed E-state index contributed by atoms with van der Waals surface area (Å²) in [6.07, 6.45) is 1.57. The number of ketones is 1. The summed E-state index contributed by atoms with van der Waals surface area (Å²) >= 11 is 8.68. The number of hydrogen-bond acceptors (Lipinski definition) is 7. The maximum absolute atomic E-state index is 12.9. The van der Waals surface area contributed by atoms with Gasteiger partial charge in [-0.3, -0.25) is 19.3 Å². The fourth-order valence-electron chi connectivity index (χ4n) is 3.08. The second kappa shape index (κ2) is 9.64. The fraction of sp³-hybridized carbons (Fsp3) is 0.136. The monoisotopic (exact) mass is 484 g/mol. The number of nitrogens with one attached hydrogen (secondary N) is 1. The van der Waals surface area contributed by atoms with Gasteiger partial charge in [-0.1, -0.05) is 53.7 Å². The summed E-state index contributed by atoms with van der Waals surface area (Å²) in [6.45, 7) is 0. The van der Waals surface area contributed by atoms with Gasteiger partial charge in [0.05, 0.1) is 5.69 Å². The smallest absolute Gasteiger partial charge is 0.242 e. The minimum atomic E-state index is -0.612. The number of anilines is 1. The molecule has 1 atom stereocenters. The molecule has 1 aromatic heterocycles. The van der Waals surface area contributed by atoms with E-state index in [1.807, 2.05) is 6.07 Å². The van der Waals surface area contributed by atoms with Crippen LogP contribution >= 0.6 is 34.7 Å². The lowest BCUT2D eigenvalue weighted by Gasteiger charge is -2.12. The number of benzene rings is 2. The summed E-state index contributed by atoms with van der Waals surface area (Å²) in [5.74, 6) is -0.853. The Balaban J connectivity index is 1.49. The Morgan fingerprint density at radius 1 is 1.22 bits per heavy atom. The van der Waals surface area contributed by atoms with Crippen molar-refractivity contribution in [2.75, 3.05) is 12.4 Å². The third-order valence-electron chi connectivity index (χ3n) is 4.66. The molecule has 2 aromatic carbocycles. The first-order valence-corrected chi connectivity index (χ1v) is 11.7. The number of aromatic nitrogens is 1. The molecule has 4 rings (SSSR count). The minimum Gasteiger partial charge on any atom is -0.325 e. The number of thiazole rings is 1. The standard InChI is InChI=1S/C22H17ClN4O3S2/c1-27-20(30)17(32-22(27)26-21-24-9-10-31-21)12-18(28)25-16-8-7-14(23)11-15(16)19(29)13-5-3-2-4-6-13/h2-11,17H,12H2,1H3,(H,25,28). The van der Waals surface area contributed by atoms with Gasteiger partial charge < -0.3 is 5.32 Å². The van der Waals surface area contributed by atoms with Crippen LogP contribution in [0.4, 0.5) is 10.8 Å². The lowest BCUT2D eigenvalue weighted by atomic mass is 10.0. The van der Waals surface area contributed by atoms with Crippen molar-refractivity contribution in [2.45, 2.75) is 11.7 Å². The molecule has 32 heavy (non-hydrogen) atoms. The quantitative estimate of drug-likeness (QED) is 0.515. The molecule has 1 saturated heterocycles. The molecule has 1 N–H and O–H groups in total. The Morgan fingerprint density at radius 3 is 2.72 bits per heavy atom. The van der Waals surface area contributed by atoms with Crippen molar-refractivity contribution >= 4 is 68.3 Å². The molecule has 1 fully saturated rings. The van der Waals surface area contributed by atoms with Crippen LogP contribution in [0.1, 0.15) is 22.3 Å². The molecule has 2 amide bonds. The van der Waals surface area contributed by atoms with Gasteiger partial charge in [0.25, 0.3) is 0 Å². The second-order valence-electron chi connectivity index (χ2n) is 6.85. The van der Waals surface area contributed by atoms with Gasteiger partial charge in [0.2, 0.25) is 16.9 Å². The van der Waals surface area contributed by atoms with Gasteiger partial charge in [0.1, 0.15) is 5.25 Å². The van der Waals surface area contributed by atoms with Crippen LogP contribution < -0.4 is 5.32 Å². The summed E-state index contributed by atoms with van der Waals surface area (Å²) in [5, 5.41) is 5.37. The van der Waals surface area contributed by atoms with E-state index in [0.717, 1.165) is 0 Å². The average molecular weight is 485 g/mol. The van der Waals surface area contributed by atoms with Crippen molar-refractivity contribution in [1.82, 2.24) is 9.88 Å². The first-order valence-electron chi connectivity index (χ1n) is 9.54. The largest absolute Gasteiger partial charge is 0.325 e. The van der Waals surface area contributed by atoms with Gasteiger partial charge >= 0.3 is 0 Å². The summed E-state index contributed by atoms with van der Waals surface area (Å²) in [7, 11) is 1.62. The minimum absolute atomic E-state index is 0.0632. The molecule has 162 valence electrons. The number of amidine groups is 1. The van der Waals surface area contributed by atoms with E-state index < -0.39 is 5.25 Å². The van der Waals surface area contributed by atoms with Crippen LogP contribution in [0.25, 0.3) is 0 Å². The molecule has 0 spiro atoms. The van der Waals surface area contributed by atoms with Crippen LogP contribution in [0.15, 0.2) is 65.1 Å². The Kier molecular flexibility index (Phi) is 6.69. The van der Waals surface area contributed by atoms with Gasteiger partial charge in [0.15, 0.2) is 11.0 Å². The van der Waals surface area contributed by atoms with Gasteiger partial charge in [-0.05, 0) is 18.2 Å². The van der Waals surface area contributed by atoms with Crippen LogP contribution in [0.5, 0.6) is 0 Å². The van der Waals surface area contributed by atoms with Crippen molar-refractivity contribution in [3.8, 4) is 0 Å². The predicted molar refractivity (Wildman–Crippen MR) is 128 cm³/mol. The molecule has 1 aliphatic rings. The molecular formula is C22H17ClN4O3S2. The van der Waals surface area contributed by atoms with E-state index in [4.69, 9.17) is 11.6 Å². The number of rotatable bonds is 6. The molecule has 1 aliphatic heterocycles. The molecule has 10 heteroatoms. The van der Waals surface area contributed by atoms with Crippen molar-refractivity contribution < 1.29 is 14.4 Å². The number of nitrogens with zero attached hydrogens (tertiary/aromatic N) is 3. The van der Waals surface area contributed by atoms with Gasteiger partial charge in [-0.15, -0.1) is 11.3 Å². The Labute approximate surface area is 197 Å². The van der Waals surface area contributed by atoms with Gasteiger partial charge in [0, 0.05) is 41.2 Å². The number of halogens is 1. The normalized spacial score (nSPS) is 17.1. The van der Waals surface area contributed by atoms with Gasteiger partial charge in [-0.2, -0.15) is 4.99 Å². The van der Waals surface area contributed by atoms with Crippen LogP contribution in [-0.2, 0) is 9.59 Å². The fourth-order valence-corrected chi connectivity index (χ4v) is 4.95. The maximum Gasteiger partial charge on any atom is 0.242 e. The van der Waals surface area contributed by atoms with E-state index in [2.05, 4.69) is 15.3 Å². The topological polar surface area (TPSA) is 91.7 Å². The molecule has 1 unspecified atom stereocenters. The maximum atomic E-state index is 12.9. The van der Waals surface area contributed by atoms with Crippen LogP contribution in [-0.4, -0.2) is 44.9 Å². The highest BCUT2D eigenvalue weighted by atomic mass is 35.5. The van der Waals surface area contributed by atoms with Crippen molar-refractivity contribution in [1.29, 1.82) is 0 Å². The molecule has 0 aliphatic carbocycles. The SMILES string of the molecule is CN1C(=O)C(CC(=O)Nc2ccc(Cl)cc2C(=O)c2ccccc2)SC1=Nc1nccs1. The van der Waals surface area contributed by atoms with E-state index in [9.17, 15) is 14.4 Å². The zero-order chi connectivity index (χ0) is 22.7. The first kappa shape index (κ1) is 22.2. The van der Waals surface area contributed by atoms with E-state index in [1.54, 1.807) is 55.0 Å². The van der Waals surface area contributed by atoms with E-state index in [0.29, 0.717) is 26.6 Å². The third kappa shape index (κ3) is 4.90. The summed E-state index contributed by atoms with van der Waals surface area (Å²) in [6, 6.07) is 13.4. The van der Waals surface area contributed by atoms with E-state index >= 15 is 0 Å². The van der Waals surface area contributed by atoms with Gasteiger partial charge in [-0.25, -0.2) is 4.98 Å². The van der Waals surface area contributed by atoms with Crippen LogP contribution in [0.2, 0.25) is 5.02 Å². The molecule has 0 bridgehead atoms. The first-order chi connectivity index (χ1) is 15.4. The Hall–Kier alpha value is -3.01. The van der Waals surface area contributed by atoms with Crippen molar-refractivity contribution in [2.24, 2.45) is 4.99 Å². The van der Waals surface area contributed by atoms with Crippen LogP contribution in [0.3, 0.4) is 0 Å². The number of amides is 2. The van der Waals surface area contributed by atoms with Crippen LogP contribution in [0, 0.1) is 0 Å². The zero-order valence-electron chi connectivity index (χ0n) is 16.8. The molecule has 7 nitrogen and oxygen atoms in total. The van der Waals surface area contributed by atoms with Crippen molar-refractivity contribution in [3.63, 3.8) is 0 Å². The number of thioether (sulfide) groups is 1.